The van der Waals surface area contributed by atoms with E-state index in [1.54, 1.807) is 6.33 Å². The third-order valence-corrected chi connectivity index (χ3v) is 3.44. The molecule has 0 saturated carbocycles. The maximum absolute atomic E-state index is 5.84. The van der Waals surface area contributed by atoms with Gasteiger partial charge in [0.25, 0.3) is 0 Å². The van der Waals surface area contributed by atoms with Gasteiger partial charge in [-0.05, 0) is 43.4 Å². The number of aromatic nitrogens is 2. The molecule has 1 aliphatic carbocycles. The number of rotatable bonds is 3. The Morgan fingerprint density at radius 1 is 1.05 bits per heavy atom. The first kappa shape index (κ1) is 12.0. The zero-order valence-corrected chi connectivity index (χ0v) is 10.8. The van der Waals surface area contributed by atoms with E-state index in [0.717, 1.165) is 35.7 Å². The molecule has 0 saturated heterocycles. The zero-order chi connectivity index (χ0) is 13.1. The maximum Gasteiger partial charge on any atom is 0.220 e. The van der Waals surface area contributed by atoms with Crippen molar-refractivity contribution in [1.82, 2.24) is 9.97 Å². The molecule has 1 aromatic carbocycles. The van der Waals surface area contributed by atoms with Crippen molar-refractivity contribution in [2.45, 2.75) is 32.3 Å². The van der Waals surface area contributed by atoms with Gasteiger partial charge in [0.1, 0.15) is 12.9 Å². The lowest BCUT2D eigenvalue weighted by Gasteiger charge is -2.17. The van der Waals surface area contributed by atoms with Crippen LogP contribution in [0.1, 0.15) is 29.7 Å². The van der Waals surface area contributed by atoms with E-state index in [2.05, 4.69) is 9.97 Å². The van der Waals surface area contributed by atoms with Crippen LogP contribution in [-0.4, -0.2) is 9.97 Å². The highest BCUT2D eigenvalue weighted by atomic mass is 16.5. The largest absolute Gasteiger partial charge is 0.473 e. The van der Waals surface area contributed by atoms with Crippen molar-refractivity contribution in [2.24, 2.45) is 0 Å². The first-order valence-corrected chi connectivity index (χ1v) is 6.63. The predicted molar refractivity (Wildman–Crippen MR) is 73.9 cm³/mol. The first-order chi connectivity index (χ1) is 9.33. The van der Waals surface area contributed by atoms with E-state index < -0.39 is 0 Å². The molecule has 0 fully saturated rings. The van der Waals surface area contributed by atoms with Crippen molar-refractivity contribution in [3.05, 3.63) is 47.4 Å². The Balaban J connectivity index is 1.75. The number of nitrogen functional groups attached to an aromatic ring is 1. The second-order valence-corrected chi connectivity index (χ2v) is 4.84. The van der Waals surface area contributed by atoms with Crippen LogP contribution >= 0.6 is 0 Å². The molecule has 4 nitrogen and oxygen atoms in total. The van der Waals surface area contributed by atoms with Crippen molar-refractivity contribution in [2.75, 3.05) is 5.73 Å². The van der Waals surface area contributed by atoms with Crippen LogP contribution in [0.25, 0.3) is 0 Å². The Labute approximate surface area is 112 Å². The molecule has 1 aromatic heterocycles. The normalized spacial score (nSPS) is 13.9. The highest BCUT2D eigenvalue weighted by molar-refractivity contribution is 5.39. The summed E-state index contributed by atoms with van der Waals surface area (Å²) in [7, 11) is 0. The Morgan fingerprint density at radius 2 is 1.84 bits per heavy atom. The summed E-state index contributed by atoms with van der Waals surface area (Å²) in [5.41, 5.74) is 9.86. The summed E-state index contributed by atoms with van der Waals surface area (Å²) in [6.07, 6.45) is 6.06. The Bertz CT molecular complexity index is 566. The molecule has 0 radical (unpaired) electrons. The second-order valence-electron chi connectivity index (χ2n) is 4.84. The smallest absolute Gasteiger partial charge is 0.220 e. The van der Waals surface area contributed by atoms with Gasteiger partial charge < -0.3 is 10.5 Å². The van der Waals surface area contributed by atoms with E-state index in [4.69, 9.17) is 10.5 Å². The number of hydrogen-bond acceptors (Lipinski definition) is 4. The number of aryl methyl sites for hydroxylation is 1. The van der Waals surface area contributed by atoms with Crippen LogP contribution in [0.4, 0.5) is 5.69 Å². The van der Waals surface area contributed by atoms with Gasteiger partial charge >= 0.3 is 0 Å². The van der Waals surface area contributed by atoms with Crippen LogP contribution in [0.5, 0.6) is 5.88 Å². The van der Waals surface area contributed by atoms with Gasteiger partial charge in [0.2, 0.25) is 5.88 Å². The number of nitrogens with zero attached hydrogens (tertiary/aromatic N) is 2. The van der Waals surface area contributed by atoms with E-state index in [1.807, 2.05) is 24.3 Å². The molecule has 0 spiro atoms. The van der Waals surface area contributed by atoms with Crippen molar-refractivity contribution in [3.63, 3.8) is 0 Å². The van der Waals surface area contributed by atoms with Gasteiger partial charge in [-0.3, -0.25) is 0 Å². The van der Waals surface area contributed by atoms with Crippen molar-refractivity contribution < 1.29 is 4.74 Å². The van der Waals surface area contributed by atoms with Crippen LogP contribution in [0.15, 0.2) is 30.6 Å². The van der Waals surface area contributed by atoms with Crippen LogP contribution < -0.4 is 10.5 Å². The van der Waals surface area contributed by atoms with Gasteiger partial charge in [0.05, 0.1) is 5.69 Å². The van der Waals surface area contributed by atoms with E-state index in [-0.39, 0.29) is 0 Å². The standard InChI is InChI=1S/C15H17N3O/c16-12-7-5-11(6-8-12)9-19-15-13-3-1-2-4-14(13)17-10-18-15/h5-8,10H,1-4,9,16H2. The molecule has 3 rings (SSSR count). The van der Waals surface area contributed by atoms with Gasteiger partial charge in [-0.15, -0.1) is 0 Å². The number of anilines is 1. The van der Waals surface area contributed by atoms with Crippen molar-refractivity contribution in [1.29, 1.82) is 0 Å². The summed E-state index contributed by atoms with van der Waals surface area (Å²) in [4.78, 5) is 8.61. The lowest BCUT2D eigenvalue weighted by molar-refractivity contribution is 0.287. The van der Waals surface area contributed by atoms with Crippen LogP contribution in [0, 0.1) is 0 Å². The van der Waals surface area contributed by atoms with E-state index in [1.165, 1.54) is 18.4 Å². The highest BCUT2D eigenvalue weighted by Gasteiger charge is 2.16. The van der Waals surface area contributed by atoms with E-state index in [9.17, 15) is 0 Å². The number of ether oxygens (including phenoxy) is 1. The SMILES string of the molecule is Nc1ccc(COc2ncnc3c2CCCC3)cc1. The van der Waals surface area contributed by atoms with Crippen LogP contribution in [-0.2, 0) is 19.4 Å². The Morgan fingerprint density at radius 3 is 2.68 bits per heavy atom. The fourth-order valence-electron chi connectivity index (χ4n) is 2.38. The maximum atomic E-state index is 5.84. The summed E-state index contributed by atoms with van der Waals surface area (Å²) in [5, 5.41) is 0. The monoisotopic (exact) mass is 255 g/mol. The number of fused-ring (bicyclic) bond motifs is 1. The molecular weight excluding hydrogens is 238 g/mol. The number of hydrogen-bond donors (Lipinski definition) is 1. The first-order valence-electron chi connectivity index (χ1n) is 6.63. The fourth-order valence-corrected chi connectivity index (χ4v) is 2.38. The third-order valence-electron chi connectivity index (χ3n) is 3.44. The molecule has 19 heavy (non-hydrogen) atoms. The molecule has 1 aliphatic rings. The van der Waals surface area contributed by atoms with Gasteiger partial charge in [-0.1, -0.05) is 12.1 Å². The summed E-state index contributed by atoms with van der Waals surface area (Å²) in [6.45, 7) is 0.518. The third kappa shape index (κ3) is 2.67. The minimum Gasteiger partial charge on any atom is -0.473 e. The molecule has 0 bridgehead atoms. The lowest BCUT2D eigenvalue weighted by atomic mass is 9.97. The molecule has 0 atom stereocenters. The fraction of sp³-hybridized carbons (Fsp3) is 0.333. The summed E-state index contributed by atoms with van der Waals surface area (Å²) in [6, 6.07) is 7.72. The van der Waals surface area contributed by atoms with E-state index >= 15 is 0 Å². The van der Waals surface area contributed by atoms with Crippen molar-refractivity contribution >= 4 is 5.69 Å². The van der Waals surface area contributed by atoms with Gasteiger partial charge in [0, 0.05) is 11.3 Å². The predicted octanol–water partition coefficient (Wildman–Crippen LogP) is 2.52. The summed E-state index contributed by atoms with van der Waals surface area (Å²) in [5.74, 6) is 0.738. The summed E-state index contributed by atoms with van der Waals surface area (Å²) < 4.78 is 5.84. The van der Waals surface area contributed by atoms with Gasteiger partial charge in [-0.2, -0.15) is 0 Å². The Kier molecular flexibility index (Phi) is 3.31. The average Bonchev–Trinajstić information content (AvgIpc) is 2.47. The van der Waals surface area contributed by atoms with Gasteiger partial charge in [-0.25, -0.2) is 9.97 Å². The lowest BCUT2D eigenvalue weighted by Crippen LogP contribution is -2.10. The molecule has 2 N–H and O–H groups in total. The number of benzene rings is 1. The highest BCUT2D eigenvalue weighted by Crippen LogP contribution is 2.26. The Hall–Kier alpha value is -2.10. The summed E-state index contributed by atoms with van der Waals surface area (Å²) >= 11 is 0. The van der Waals surface area contributed by atoms with E-state index in [0.29, 0.717) is 6.61 Å². The molecule has 4 heteroatoms. The minimum absolute atomic E-state index is 0.518. The quantitative estimate of drug-likeness (QED) is 0.856. The zero-order valence-electron chi connectivity index (χ0n) is 10.8. The molecule has 0 amide bonds. The molecule has 98 valence electrons. The molecule has 0 aliphatic heterocycles. The van der Waals surface area contributed by atoms with Crippen LogP contribution in [0.3, 0.4) is 0 Å². The molecular formula is C15H17N3O. The second kappa shape index (κ2) is 5.26. The average molecular weight is 255 g/mol. The minimum atomic E-state index is 0.518. The van der Waals surface area contributed by atoms with Crippen LogP contribution in [0.2, 0.25) is 0 Å². The van der Waals surface area contributed by atoms with Crippen molar-refractivity contribution in [3.8, 4) is 5.88 Å². The topological polar surface area (TPSA) is 61.0 Å². The van der Waals surface area contributed by atoms with Gasteiger partial charge in [0.15, 0.2) is 0 Å². The molecule has 0 unspecified atom stereocenters. The molecule has 2 aromatic rings. The molecule has 1 heterocycles. The number of nitrogens with two attached hydrogens (primary N) is 1.